The van der Waals surface area contributed by atoms with Crippen LogP contribution in [0.3, 0.4) is 0 Å². The van der Waals surface area contributed by atoms with Crippen molar-refractivity contribution in [2.24, 2.45) is 0 Å². The molecule has 0 aliphatic carbocycles. The molecule has 2 atom stereocenters. The van der Waals surface area contributed by atoms with Crippen molar-refractivity contribution in [3.05, 3.63) is 64.4 Å². The van der Waals surface area contributed by atoms with Crippen LogP contribution in [0.4, 0.5) is 10.1 Å². The minimum absolute atomic E-state index is 0.176. The lowest BCUT2D eigenvalue weighted by molar-refractivity contribution is 0.409. The van der Waals surface area contributed by atoms with Gasteiger partial charge in [0.15, 0.2) is 0 Å². The molecule has 3 rings (SSSR count). The van der Waals surface area contributed by atoms with Crippen molar-refractivity contribution < 1.29 is 4.39 Å². The van der Waals surface area contributed by atoms with Crippen LogP contribution in [-0.4, -0.2) is 19.1 Å². The van der Waals surface area contributed by atoms with Crippen LogP contribution in [-0.2, 0) is 0 Å². The van der Waals surface area contributed by atoms with Crippen LogP contribution in [0.15, 0.2) is 53.0 Å². The fourth-order valence-corrected chi connectivity index (χ4v) is 3.42. The smallest absolute Gasteiger partial charge is 0.147 e. The summed E-state index contributed by atoms with van der Waals surface area (Å²) in [5.74, 6) is -0.176. The highest BCUT2D eigenvalue weighted by Gasteiger charge is 2.28. The second kappa shape index (κ2) is 6.16. The average molecular weight is 349 g/mol. The molecule has 110 valence electrons. The van der Waals surface area contributed by atoms with Crippen LogP contribution in [0, 0.1) is 5.82 Å². The Bertz CT molecular complexity index is 597. The lowest BCUT2D eigenvalue weighted by atomic mass is 10.0. The standard InChI is InChI=1S/C17H18BrFN2/c1-12-10-20-16(13-6-3-2-4-7-13)11-21(12)17-14(18)8-5-9-15(17)19/h2-9,12,16,20H,10-11H2,1H3. The van der Waals surface area contributed by atoms with E-state index in [1.807, 2.05) is 24.3 Å². The van der Waals surface area contributed by atoms with Crippen molar-refractivity contribution >= 4 is 21.6 Å². The molecule has 0 aromatic heterocycles. The van der Waals surface area contributed by atoms with Gasteiger partial charge in [0.05, 0.1) is 5.69 Å². The third kappa shape index (κ3) is 2.97. The number of nitrogens with zero attached hydrogens (tertiary/aromatic N) is 1. The first-order chi connectivity index (χ1) is 10.2. The Labute approximate surface area is 133 Å². The largest absolute Gasteiger partial charge is 0.362 e. The molecule has 1 N–H and O–H groups in total. The highest BCUT2D eigenvalue weighted by molar-refractivity contribution is 9.10. The van der Waals surface area contributed by atoms with Crippen LogP contribution in [0.2, 0.25) is 0 Å². The van der Waals surface area contributed by atoms with E-state index in [0.29, 0.717) is 5.69 Å². The monoisotopic (exact) mass is 348 g/mol. The Balaban J connectivity index is 1.91. The Morgan fingerprint density at radius 2 is 1.90 bits per heavy atom. The predicted octanol–water partition coefficient (Wildman–Crippen LogP) is 4.13. The van der Waals surface area contributed by atoms with Gasteiger partial charge in [0, 0.05) is 29.6 Å². The van der Waals surface area contributed by atoms with Gasteiger partial charge in [-0.25, -0.2) is 4.39 Å². The summed E-state index contributed by atoms with van der Waals surface area (Å²) in [6, 6.07) is 15.9. The summed E-state index contributed by atoms with van der Waals surface area (Å²) in [7, 11) is 0. The molecule has 0 amide bonds. The number of benzene rings is 2. The van der Waals surface area contributed by atoms with Gasteiger partial charge in [-0.1, -0.05) is 36.4 Å². The number of hydrogen-bond donors (Lipinski definition) is 1. The van der Waals surface area contributed by atoms with E-state index in [2.05, 4.69) is 45.2 Å². The number of halogens is 2. The minimum Gasteiger partial charge on any atom is -0.362 e. The first-order valence-electron chi connectivity index (χ1n) is 7.16. The van der Waals surface area contributed by atoms with Crippen LogP contribution in [0.1, 0.15) is 18.5 Å². The maximum absolute atomic E-state index is 14.2. The van der Waals surface area contributed by atoms with E-state index >= 15 is 0 Å². The van der Waals surface area contributed by atoms with E-state index < -0.39 is 0 Å². The SMILES string of the molecule is CC1CNC(c2ccccc2)CN1c1c(F)cccc1Br. The third-order valence-electron chi connectivity index (χ3n) is 4.00. The summed E-state index contributed by atoms with van der Waals surface area (Å²) in [6.07, 6.45) is 0. The summed E-state index contributed by atoms with van der Waals surface area (Å²) in [4.78, 5) is 2.15. The molecule has 0 bridgehead atoms. The molecule has 0 radical (unpaired) electrons. The van der Waals surface area contributed by atoms with E-state index in [4.69, 9.17) is 0 Å². The van der Waals surface area contributed by atoms with E-state index in [1.165, 1.54) is 11.6 Å². The number of para-hydroxylation sites is 1. The third-order valence-corrected chi connectivity index (χ3v) is 4.64. The second-order valence-corrected chi connectivity index (χ2v) is 6.30. The van der Waals surface area contributed by atoms with E-state index in [-0.39, 0.29) is 17.9 Å². The molecule has 1 aliphatic heterocycles. The quantitative estimate of drug-likeness (QED) is 0.877. The molecule has 21 heavy (non-hydrogen) atoms. The highest BCUT2D eigenvalue weighted by Crippen LogP contribution is 2.33. The molecule has 1 fully saturated rings. The van der Waals surface area contributed by atoms with Gasteiger partial charge >= 0.3 is 0 Å². The maximum atomic E-state index is 14.2. The maximum Gasteiger partial charge on any atom is 0.147 e. The van der Waals surface area contributed by atoms with Crippen molar-refractivity contribution in [1.82, 2.24) is 5.32 Å². The Hall–Kier alpha value is -1.39. The number of piperazine rings is 1. The van der Waals surface area contributed by atoms with Crippen molar-refractivity contribution in [1.29, 1.82) is 0 Å². The zero-order valence-corrected chi connectivity index (χ0v) is 13.5. The topological polar surface area (TPSA) is 15.3 Å². The average Bonchev–Trinajstić information content (AvgIpc) is 2.50. The first-order valence-corrected chi connectivity index (χ1v) is 7.95. The molecular weight excluding hydrogens is 331 g/mol. The zero-order chi connectivity index (χ0) is 14.8. The van der Waals surface area contributed by atoms with Gasteiger partial charge in [-0.05, 0) is 40.5 Å². The Kier molecular flexibility index (Phi) is 4.27. The summed E-state index contributed by atoms with van der Waals surface area (Å²) in [5, 5.41) is 3.54. The normalized spacial score (nSPS) is 22.3. The van der Waals surface area contributed by atoms with Gasteiger partial charge in [0.2, 0.25) is 0 Å². The van der Waals surface area contributed by atoms with Crippen molar-refractivity contribution in [3.8, 4) is 0 Å². The van der Waals surface area contributed by atoms with E-state index in [9.17, 15) is 4.39 Å². The van der Waals surface area contributed by atoms with Gasteiger partial charge < -0.3 is 10.2 Å². The molecule has 1 saturated heterocycles. The van der Waals surface area contributed by atoms with Crippen LogP contribution < -0.4 is 10.2 Å². The Morgan fingerprint density at radius 3 is 2.62 bits per heavy atom. The molecule has 4 heteroatoms. The Morgan fingerprint density at radius 1 is 1.14 bits per heavy atom. The van der Waals surface area contributed by atoms with Crippen molar-refractivity contribution in [2.45, 2.75) is 19.0 Å². The fraction of sp³-hybridized carbons (Fsp3) is 0.294. The fourth-order valence-electron chi connectivity index (χ4n) is 2.85. The molecule has 2 aromatic carbocycles. The van der Waals surface area contributed by atoms with Gasteiger partial charge in [-0.15, -0.1) is 0 Å². The second-order valence-electron chi connectivity index (χ2n) is 5.44. The molecule has 1 aliphatic rings. The molecule has 2 aromatic rings. The zero-order valence-electron chi connectivity index (χ0n) is 11.9. The van der Waals surface area contributed by atoms with Gasteiger partial charge in [0.1, 0.15) is 5.82 Å². The van der Waals surface area contributed by atoms with Crippen LogP contribution in [0.5, 0.6) is 0 Å². The number of hydrogen-bond acceptors (Lipinski definition) is 2. The van der Waals surface area contributed by atoms with Crippen molar-refractivity contribution in [2.75, 3.05) is 18.0 Å². The molecule has 0 spiro atoms. The summed E-state index contributed by atoms with van der Waals surface area (Å²) in [5.41, 5.74) is 1.90. The molecule has 2 nitrogen and oxygen atoms in total. The lowest BCUT2D eigenvalue weighted by Gasteiger charge is -2.41. The first kappa shape index (κ1) is 14.5. The van der Waals surface area contributed by atoms with Gasteiger partial charge in [0.25, 0.3) is 0 Å². The number of anilines is 1. The lowest BCUT2D eigenvalue weighted by Crippen LogP contribution is -2.52. The van der Waals surface area contributed by atoms with Crippen LogP contribution >= 0.6 is 15.9 Å². The van der Waals surface area contributed by atoms with Gasteiger partial charge in [-0.3, -0.25) is 0 Å². The highest BCUT2D eigenvalue weighted by atomic mass is 79.9. The summed E-state index contributed by atoms with van der Waals surface area (Å²) >= 11 is 3.48. The summed E-state index contributed by atoms with van der Waals surface area (Å²) in [6.45, 7) is 3.71. The van der Waals surface area contributed by atoms with Crippen molar-refractivity contribution in [3.63, 3.8) is 0 Å². The van der Waals surface area contributed by atoms with E-state index in [1.54, 1.807) is 6.07 Å². The minimum atomic E-state index is -0.176. The van der Waals surface area contributed by atoms with E-state index in [0.717, 1.165) is 17.6 Å². The van der Waals surface area contributed by atoms with Gasteiger partial charge in [-0.2, -0.15) is 0 Å². The molecule has 0 saturated carbocycles. The number of rotatable bonds is 2. The molecule has 2 unspecified atom stereocenters. The number of nitrogens with one attached hydrogen (secondary N) is 1. The predicted molar refractivity (Wildman–Crippen MR) is 88.1 cm³/mol. The molecular formula is C17H18BrFN2. The van der Waals surface area contributed by atoms with Crippen LogP contribution in [0.25, 0.3) is 0 Å². The molecule has 1 heterocycles. The summed E-state index contributed by atoms with van der Waals surface area (Å²) < 4.78 is 15.1.